The summed E-state index contributed by atoms with van der Waals surface area (Å²) in [6.07, 6.45) is 0. The molecule has 4 rings (SSSR count). The van der Waals surface area contributed by atoms with Crippen LogP contribution in [0, 0.1) is 11.7 Å². The molecule has 4 aromatic rings. The third kappa shape index (κ3) is 5.01. The van der Waals surface area contributed by atoms with E-state index in [1.165, 1.54) is 36.6 Å². The lowest BCUT2D eigenvalue weighted by atomic mass is 10.0. The molecule has 2 aromatic heterocycles. The Kier molecular flexibility index (Phi) is 6.36. The van der Waals surface area contributed by atoms with Gasteiger partial charge in [0.1, 0.15) is 17.6 Å². The molecule has 10 heteroatoms. The molecule has 0 aliphatic heterocycles. The van der Waals surface area contributed by atoms with Crippen molar-refractivity contribution in [3.05, 3.63) is 60.1 Å². The SMILES string of the molecule is COC(=O)[C@@H](NC(=O)c1cc(-c2cccc(Nc3nc4ccc(F)cc4s3)c2)no1)C(C)C. The second kappa shape index (κ2) is 9.37. The van der Waals surface area contributed by atoms with Gasteiger partial charge in [-0.1, -0.05) is 42.5 Å². The van der Waals surface area contributed by atoms with Crippen LogP contribution in [-0.2, 0) is 9.53 Å². The fourth-order valence-corrected chi connectivity index (χ4v) is 4.10. The molecule has 0 saturated heterocycles. The van der Waals surface area contributed by atoms with Crippen molar-refractivity contribution in [1.29, 1.82) is 0 Å². The Bertz CT molecular complexity index is 1320. The number of esters is 1. The number of fused-ring (bicyclic) bond motifs is 1. The molecule has 0 unspecified atom stereocenters. The Morgan fingerprint density at radius 1 is 1.15 bits per heavy atom. The van der Waals surface area contributed by atoms with E-state index in [4.69, 9.17) is 9.26 Å². The summed E-state index contributed by atoms with van der Waals surface area (Å²) in [6.45, 7) is 3.60. The highest BCUT2D eigenvalue weighted by Crippen LogP contribution is 2.30. The number of methoxy groups -OCH3 is 1. The number of carbonyl (C=O) groups excluding carboxylic acids is 2. The van der Waals surface area contributed by atoms with E-state index in [9.17, 15) is 14.0 Å². The maximum absolute atomic E-state index is 13.4. The zero-order chi connectivity index (χ0) is 23.5. The molecule has 170 valence electrons. The normalized spacial score (nSPS) is 12.0. The van der Waals surface area contributed by atoms with Gasteiger partial charge < -0.3 is 19.9 Å². The minimum atomic E-state index is -0.800. The van der Waals surface area contributed by atoms with Crippen LogP contribution in [0.5, 0.6) is 0 Å². The third-order valence-corrected chi connectivity index (χ3v) is 5.84. The molecule has 0 saturated carbocycles. The number of benzene rings is 2. The van der Waals surface area contributed by atoms with Crippen LogP contribution in [0.15, 0.2) is 53.1 Å². The summed E-state index contributed by atoms with van der Waals surface area (Å²) in [6, 6.07) is 12.5. The van der Waals surface area contributed by atoms with Gasteiger partial charge in [-0.15, -0.1) is 0 Å². The lowest BCUT2D eigenvalue weighted by Gasteiger charge is -2.18. The van der Waals surface area contributed by atoms with Crippen LogP contribution in [0.25, 0.3) is 21.5 Å². The van der Waals surface area contributed by atoms with Gasteiger partial charge in [-0.2, -0.15) is 0 Å². The number of ether oxygens (including phenoxy) is 1. The van der Waals surface area contributed by atoms with Gasteiger partial charge in [-0.05, 0) is 36.2 Å². The van der Waals surface area contributed by atoms with Crippen LogP contribution in [-0.4, -0.2) is 35.2 Å². The first kappa shape index (κ1) is 22.4. The average Bonchev–Trinajstić information content (AvgIpc) is 3.43. The van der Waals surface area contributed by atoms with E-state index in [1.807, 2.05) is 24.3 Å². The number of anilines is 2. The Morgan fingerprint density at radius 3 is 2.73 bits per heavy atom. The van der Waals surface area contributed by atoms with Crippen molar-refractivity contribution < 1.29 is 23.2 Å². The van der Waals surface area contributed by atoms with Crippen molar-refractivity contribution in [3.63, 3.8) is 0 Å². The number of hydrogen-bond donors (Lipinski definition) is 2. The van der Waals surface area contributed by atoms with Crippen LogP contribution in [0.3, 0.4) is 0 Å². The van der Waals surface area contributed by atoms with Gasteiger partial charge in [0.15, 0.2) is 5.13 Å². The maximum Gasteiger partial charge on any atom is 0.328 e. The summed E-state index contributed by atoms with van der Waals surface area (Å²) in [5, 5.41) is 10.4. The summed E-state index contributed by atoms with van der Waals surface area (Å²) in [5.74, 6) is -1.59. The van der Waals surface area contributed by atoms with E-state index in [-0.39, 0.29) is 17.5 Å². The molecular weight excluding hydrogens is 447 g/mol. The van der Waals surface area contributed by atoms with Gasteiger partial charge in [-0.3, -0.25) is 4.79 Å². The first-order chi connectivity index (χ1) is 15.8. The molecular formula is C23H21FN4O4S. The van der Waals surface area contributed by atoms with Crippen molar-refractivity contribution in [3.8, 4) is 11.3 Å². The van der Waals surface area contributed by atoms with Crippen molar-refractivity contribution >= 4 is 44.2 Å². The van der Waals surface area contributed by atoms with Gasteiger partial charge in [0, 0.05) is 17.3 Å². The van der Waals surface area contributed by atoms with Gasteiger partial charge in [-0.25, -0.2) is 14.2 Å². The van der Waals surface area contributed by atoms with Crippen LogP contribution in [0.4, 0.5) is 15.2 Å². The molecule has 0 aliphatic rings. The lowest BCUT2D eigenvalue weighted by Crippen LogP contribution is -2.44. The zero-order valence-electron chi connectivity index (χ0n) is 18.1. The molecule has 2 heterocycles. The molecule has 2 aromatic carbocycles. The van der Waals surface area contributed by atoms with E-state index in [0.29, 0.717) is 21.9 Å². The van der Waals surface area contributed by atoms with Crippen LogP contribution >= 0.6 is 11.3 Å². The van der Waals surface area contributed by atoms with Crippen molar-refractivity contribution in [1.82, 2.24) is 15.5 Å². The smallest absolute Gasteiger partial charge is 0.328 e. The number of aromatic nitrogens is 2. The summed E-state index contributed by atoms with van der Waals surface area (Å²) < 4.78 is 24.1. The molecule has 0 spiro atoms. The number of halogens is 1. The van der Waals surface area contributed by atoms with Crippen LogP contribution in [0.1, 0.15) is 24.4 Å². The van der Waals surface area contributed by atoms with Crippen molar-refractivity contribution in [2.45, 2.75) is 19.9 Å². The number of nitrogens with one attached hydrogen (secondary N) is 2. The van der Waals surface area contributed by atoms with Gasteiger partial charge in [0.25, 0.3) is 5.91 Å². The molecule has 33 heavy (non-hydrogen) atoms. The molecule has 0 bridgehead atoms. The molecule has 1 atom stereocenters. The van der Waals surface area contributed by atoms with Crippen molar-refractivity contribution in [2.24, 2.45) is 5.92 Å². The van der Waals surface area contributed by atoms with Crippen LogP contribution < -0.4 is 10.6 Å². The zero-order valence-corrected chi connectivity index (χ0v) is 18.9. The molecule has 8 nitrogen and oxygen atoms in total. The van der Waals surface area contributed by atoms with Gasteiger partial charge in [0.2, 0.25) is 5.76 Å². The van der Waals surface area contributed by atoms with Crippen molar-refractivity contribution in [2.75, 3.05) is 12.4 Å². The van der Waals surface area contributed by atoms with Crippen LogP contribution in [0.2, 0.25) is 0 Å². The quantitative estimate of drug-likeness (QED) is 0.377. The molecule has 0 aliphatic carbocycles. The number of nitrogens with zero attached hydrogens (tertiary/aromatic N) is 2. The first-order valence-electron chi connectivity index (χ1n) is 10.1. The Hall–Kier alpha value is -3.79. The predicted molar refractivity (Wildman–Crippen MR) is 123 cm³/mol. The van der Waals surface area contributed by atoms with E-state index < -0.39 is 17.9 Å². The minimum Gasteiger partial charge on any atom is -0.467 e. The maximum atomic E-state index is 13.4. The largest absolute Gasteiger partial charge is 0.467 e. The highest BCUT2D eigenvalue weighted by Gasteiger charge is 2.27. The molecule has 0 fully saturated rings. The Labute approximate surface area is 192 Å². The highest BCUT2D eigenvalue weighted by molar-refractivity contribution is 7.22. The second-order valence-corrected chi connectivity index (χ2v) is 8.66. The molecule has 1 amide bonds. The predicted octanol–water partition coefficient (Wildman–Crippen LogP) is 4.76. The van der Waals surface area contributed by atoms with E-state index in [1.54, 1.807) is 19.9 Å². The first-order valence-corrected chi connectivity index (χ1v) is 10.9. The van der Waals surface area contributed by atoms with E-state index in [2.05, 4.69) is 20.8 Å². The number of amides is 1. The summed E-state index contributed by atoms with van der Waals surface area (Å²) in [4.78, 5) is 28.9. The third-order valence-electron chi connectivity index (χ3n) is 4.90. The summed E-state index contributed by atoms with van der Waals surface area (Å²) in [7, 11) is 1.27. The Morgan fingerprint density at radius 2 is 1.97 bits per heavy atom. The second-order valence-electron chi connectivity index (χ2n) is 7.63. The minimum absolute atomic E-state index is 0.0221. The number of rotatable bonds is 7. The fourth-order valence-electron chi connectivity index (χ4n) is 3.19. The standard InChI is InChI=1S/C23H21FN4O4S/c1-12(2)20(22(30)31-3)27-21(29)18-11-17(28-32-18)13-5-4-6-15(9-13)25-23-26-16-8-7-14(24)10-19(16)33-23/h4-12,20H,1-3H3,(H,25,26)(H,27,29)/t20-/m0/s1. The van der Waals surface area contributed by atoms with E-state index in [0.717, 1.165) is 10.4 Å². The summed E-state index contributed by atoms with van der Waals surface area (Å²) >= 11 is 1.34. The fraction of sp³-hybridized carbons (Fsp3) is 0.217. The number of carbonyl (C=O) groups is 2. The van der Waals surface area contributed by atoms with Gasteiger partial charge >= 0.3 is 5.97 Å². The van der Waals surface area contributed by atoms with E-state index >= 15 is 0 Å². The molecule has 0 radical (unpaired) electrons. The lowest BCUT2D eigenvalue weighted by molar-refractivity contribution is -0.144. The topological polar surface area (TPSA) is 106 Å². The monoisotopic (exact) mass is 468 g/mol. The highest BCUT2D eigenvalue weighted by atomic mass is 32.1. The number of hydrogen-bond acceptors (Lipinski definition) is 8. The number of thiazole rings is 1. The van der Waals surface area contributed by atoms with Gasteiger partial charge in [0.05, 0.1) is 17.3 Å². The average molecular weight is 469 g/mol. The summed E-state index contributed by atoms with van der Waals surface area (Å²) in [5.41, 5.74) is 2.61. The Balaban J connectivity index is 1.50. The molecule has 2 N–H and O–H groups in total.